The van der Waals surface area contributed by atoms with E-state index in [9.17, 15) is 9.59 Å². The van der Waals surface area contributed by atoms with Crippen molar-refractivity contribution < 1.29 is 25.3 Å². The molecule has 1 fully saturated rings. The van der Waals surface area contributed by atoms with E-state index in [1.807, 2.05) is 0 Å². The summed E-state index contributed by atoms with van der Waals surface area (Å²) in [6, 6.07) is 0. The molecule has 0 saturated heterocycles. The summed E-state index contributed by atoms with van der Waals surface area (Å²) in [6.07, 6.45) is -5.85. The van der Waals surface area contributed by atoms with Gasteiger partial charge in [-0.1, -0.05) is 0 Å². The van der Waals surface area contributed by atoms with Crippen LogP contribution < -0.4 is 0 Å². The highest BCUT2D eigenvalue weighted by Crippen LogP contribution is 2.41. The molecular formula is C6H8O4. The lowest BCUT2D eigenvalue weighted by atomic mass is 9.69. The van der Waals surface area contributed by atoms with E-state index in [1.54, 1.807) is 0 Å². The van der Waals surface area contributed by atoms with Crippen LogP contribution in [0.4, 0.5) is 0 Å². The van der Waals surface area contributed by atoms with Crippen LogP contribution in [0.3, 0.4) is 0 Å². The molecule has 0 bridgehead atoms. The van der Waals surface area contributed by atoms with Gasteiger partial charge >= 0.3 is 11.9 Å². The third kappa shape index (κ3) is 0.683. The van der Waals surface area contributed by atoms with Gasteiger partial charge in [0.2, 0.25) is 0 Å². The molecule has 2 N–H and O–H groups in total. The lowest BCUT2D eigenvalue weighted by Crippen LogP contribution is -2.44. The Morgan fingerprint density at radius 1 is 1.30 bits per heavy atom. The normalized spacial score (nSPS) is 37.2. The van der Waals surface area contributed by atoms with E-state index < -0.39 is 36.5 Å². The first kappa shape index (κ1) is 3.37. The summed E-state index contributed by atoms with van der Waals surface area (Å²) in [5.41, 5.74) is -2.99. The van der Waals surface area contributed by atoms with Gasteiger partial charge in [-0.15, -0.1) is 0 Å². The summed E-state index contributed by atoms with van der Waals surface area (Å²) in [5, 5.41) is 17.3. The summed E-state index contributed by atoms with van der Waals surface area (Å²) in [6.45, 7) is 0. The second kappa shape index (κ2) is 1.97. The Bertz CT molecular complexity index is 281. The maximum Gasteiger partial charge on any atom is 0.321 e. The van der Waals surface area contributed by atoms with Gasteiger partial charge in [-0.2, -0.15) is 0 Å². The van der Waals surface area contributed by atoms with E-state index in [0.29, 0.717) is 0 Å². The predicted molar refractivity (Wildman–Crippen MR) is 31.6 cm³/mol. The second-order valence-corrected chi connectivity index (χ2v) is 1.89. The Morgan fingerprint density at radius 3 is 1.80 bits per heavy atom. The van der Waals surface area contributed by atoms with Crippen molar-refractivity contribution in [2.45, 2.75) is 19.2 Å². The molecule has 0 unspecified atom stereocenters. The van der Waals surface area contributed by atoms with Crippen LogP contribution >= 0.6 is 0 Å². The molecule has 0 aromatic carbocycles. The molecule has 4 heteroatoms. The molecule has 1 aliphatic rings. The molecule has 1 rings (SSSR count). The molecule has 0 aromatic heterocycles. The summed E-state index contributed by atoms with van der Waals surface area (Å²) in [4.78, 5) is 21.4. The zero-order chi connectivity index (χ0) is 11.4. The number of hydrogen-bond donors (Lipinski definition) is 2. The molecule has 0 heterocycles. The van der Waals surface area contributed by atoms with Gasteiger partial charge in [-0.05, 0) is 19.2 Å². The minimum absolute atomic E-state index is 0.724. The predicted octanol–water partition coefficient (Wildman–Crippen LogP) is 0.326. The van der Waals surface area contributed by atoms with Crippen LogP contribution in [0.15, 0.2) is 0 Å². The smallest absolute Gasteiger partial charge is 0.321 e. The van der Waals surface area contributed by atoms with Crippen LogP contribution in [0.25, 0.3) is 0 Å². The summed E-state index contributed by atoms with van der Waals surface area (Å²) in [5.74, 6) is -3.96. The maximum absolute atomic E-state index is 10.7. The first-order valence-corrected chi connectivity index (χ1v) is 2.56. The van der Waals surface area contributed by atoms with Gasteiger partial charge in [-0.3, -0.25) is 9.59 Å². The number of carboxylic acid groups (broad SMARTS) is 2. The summed E-state index contributed by atoms with van der Waals surface area (Å²) < 4.78 is 28.6. The molecule has 0 aliphatic heterocycles. The maximum atomic E-state index is 10.7. The Labute approximate surface area is 63.1 Å². The molecule has 0 aromatic rings. The van der Waals surface area contributed by atoms with E-state index >= 15 is 0 Å². The third-order valence-corrected chi connectivity index (χ3v) is 1.35. The summed E-state index contributed by atoms with van der Waals surface area (Å²) in [7, 11) is 0. The standard InChI is InChI=1S/C6H8O4/c7-4(8)6(5(9)10)2-1-3-6/h1-3H2,(H,7,8)(H,9,10)/i2D2,3D2. The van der Waals surface area contributed by atoms with Crippen molar-refractivity contribution in [2.24, 2.45) is 5.41 Å². The Kier molecular flexibility index (Phi) is 0.662. The Hall–Kier alpha value is -1.06. The quantitative estimate of drug-likeness (QED) is 0.553. The summed E-state index contributed by atoms with van der Waals surface area (Å²) >= 11 is 0. The van der Waals surface area contributed by atoms with E-state index in [-0.39, 0.29) is 0 Å². The molecule has 0 atom stereocenters. The molecule has 4 nitrogen and oxygen atoms in total. The lowest BCUT2D eigenvalue weighted by molar-refractivity contribution is -0.171. The lowest BCUT2D eigenvalue weighted by Gasteiger charge is -2.32. The Balaban J connectivity index is 3.33. The van der Waals surface area contributed by atoms with Gasteiger partial charge in [0, 0.05) is 5.48 Å². The van der Waals surface area contributed by atoms with Crippen molar-refractivity contribution in [2.75, 3.05) is 0 Å². The number of rotatable bonds is 2. The molecule has 0 radical (unpaired) electrons. The fraction of sp³-hybridized carbons (Fsp3) is 0.667. The van der Waals surface area contributed by atoms with Crippen LogP contribution in [0, 0.1) is 5.41 Å². The van der Waals surface area contributed by atoms with Crippen LogP contribution in [0.2, 0.25) is 0 Å². The van der Waals surface area contributed by atoms with Crippen molar-refractivity contribution >= 4 is 11.9 Å². The van der Waals surface area contributed by atoms with E-state index in [4.69, 9.17) is 15.7 Å². The topological polar surface area (TPSA) is 74.6 Å². The fourth-order valence-electron chi connectivity index (χ4n) is 0.659. The average molecular weight is 148 g/mol. The number of carboxylic acids is 2. The SMILES string of the molecule is [2H]C1([2H])CC([2H])([2H])C1(C(=O)O)C(=O)O. The first-order chi connectivity index (χ1) is 6.09. The average Bonchev–Trinajstić information content (AvgIpc) is 1.77. The second-order valence-electron chi connectivity index (χ2n) is 1.89. The van der Waals surface area contributed by atoms with Crippen molar-refractivity contribution in [3.05, 3.63) is 0 Å². The highest BCUT2D eigenvalue weighted by atomic mass is 16.4. The van der Waals surface area contributed by atoms with E-state index in [1.165, 1.54) is 0 Å². The van der Waals surface area contributed by atoms with Crippen molar-refractivity contribution in [3.8, 4) is 0 Å². The van der Waals surface area contributed by atoms with Crippen molar-refractivity contribution in [3.63, 3.8) is 0 Å². The van der Waals surface area contributed by atoms with Crippen LogP contribution in [-0.4, -0.2) is 22.2 Å². The molecule has 56 valence electrons. The van der Waals surface area contributed by atoms with Crippen molar-refractivity contribution in [1.82, 2.24) is 0 Å². The van der Waals surface area contributed by atoms with Crippen LogP contribution in [0.1, 0.15) is 24.6 Å². The molecular weight excluding hydrogens is 136 g/mol. The number of hydrogen-bond acceptors (Lipinski definition) is 2. The highest BCUT2D eigenvalue weighted by Gasteiger charge is 2.51. The highest BCUT2D eigenvalue weighted by molar-refractivity contribution is 5.99. The van der Waals surface area contributed by atoms with Gasteiger partial charge in [0.05, 0.1) is 0 Å². The van der Waals surface area contributed by atoms with Crippen LogP contribution in [0.5, 0.6) is 0 Å². The molecule has 10 heavy (non-hydrogen) atoms. The van der Waals surface area contributed by atoms with E-state index in [0.717, 1.165) is 0 Å². The zero-order valence-corrected chi connectivity index (χ0v) is 4.92. The minimum Gasteiger partial charge on any atom is -0.480 e. The van der Waals surface area contributed by atoms with Crippen LogP contribution in [-0.2, 0) is 9.59 Å². The molecule has 0 amide bonds. The molecule has 0 spiro atoms. The molecule has 1 saturated carbocycles. The monoisotopic (exact) mass is 148 g/mol. The largest absolute Gasteiger partial charge is 0.480 e. The first-order valence-electron chi connectivity index (χ1n) is 4.56. The third-order valence-electron chi connectivity index (χ3n) is 1.35. The van der Waals surface area contributed by atoms with Gasteiger partial charge in [0.15, 0.2) is 5.41 Å². The van der Waals surface area contributed by atoms with Gasteiger partial charge in [0.25, 0.3) is 0 Å². The van der Waals surface area contributed by atoms with E-state index in [2.05, 4.69) is 0 Å². The van der Waals surface area contributed by atoms with Gasteiger partial charge in [0.1, 0.15) is 0 Å². The minimum atomic E-state index is -2.99. The Morgan fingerprint density at radius 2 is 1.70 bits per heavy atom. The van der Waals surface area contributed by atoms with Gasteiger partial charge < -0.3 is 10.2 Å². The number of carbonyl (C=O) groups is 2. The number of aliphatic carboxylic acids is 2. The molecule has 1 aliphatic carbocycles. The fourth-order valence-corrected chi connectivity index (χ4v) is 0.659. The van der Waals surface area contributed by atoms with Gasteiger partial charge in [-0.25, -0.2) is 0 Å². The zero-order valence-electron chi connectivity index (χ0n) is 8.92. The van der Waals surface area contributed by atoms with Crippen molar-refractivity contribution in [1.29, 1.82) is 0 Å².